The van der Waals surface area contributed by atoms with Gasteiger partial charge in [0.2, 0.25) is 17.3 Å². The van der Waals surface area contributed by atoms with Gasteiger partial charge < -0.3 is 27.8 Å². The Morgan fingerprint density at radius 3 is 2.63 bits per heavy atom. The second-order valence-electron chi connectivity index (χ2n) is 6.31. The third-order valence-electron chi connectivity index (χ3n) is 4.47. The van der Waals surface area contributed by atoms with Gasteiger partial charge in [-0.15, -0.1) is 0 Å². The molecule has 4 rings (SSSR count). The van der Waals surface area contributed by atoms with Crippen molar-refractivity contribution >= 4 is 33.7 Å². The minimum atomic E-state index is -0.710. The van der Waals surface area contributed by atoms with Gasteiger partial charge in [-0.2, -0.15) is 10.2 Å². The zero-order valence-corrected chi connectivity index (χ0v) is 17.1. The fourth-order valence-corrected chi connectivity index (χ4v) is 3.28. The van der Waals surface area contributed by atoms with Crippen LogP contribution in [0.4, 0.5) is 5.88 Å². The molecule has 4 heterocycles. The molecule has 0 bridgehead atoms. The van der Waals surface area contributed by atoms with E-state index in [2.05, 4.69) is 20.9 Å². The predicted molar refractivity (Wildman–Crippen MR) is 104 cm³/mol. The molecule has 3 aromatic heterocycles. The van der Waals surface area contributed by atoms with Crippen LogP contribution in [0, 0.1) is 11.3 Å². The van der Waals surface area contributed by atoms with Crippen molar-refractivity contribution in [3.63, 3.8) is 0 Å². The van der Waals surface area contributed by atoms with E-state index >= 15 is 0 Å². The van der Waals surface area contributed by atoms with Crippen molar-refractivity contribution in [3.8, 4) is 17.7 Å². The smallest absolute Gasteiger partial charge is 0.374 e. The molecule has 3 aromatic rings. The standard InChI is InChI=1S/C19H15BrN4O6/c20-15-4-3-14(29-15)19(26)28-11-16(25)23-5-7-24(8-6-23)18-12(10-21)22-17(30-18)13-2-1-9-27-13/h1-4,9H,5-8,11H2. The van der Waals surface area contributed by atoms with Crippen LogP contribution in [0.15, 0.2) is 48.4 Å². The molecular formula is C19H15BrN4O6. The van der Waals surface area contributed by atoms with Crippen LogP contribution < -0.4 is 4.90 Å². The summed E-state index contributed by atoms with van der Waals surface area (Å²) in [4.78, 5) is 31.8. The first kappa shape index (κ1) is 19.8. The van der Waals surface area contributed by atoms with Gasteiger partial charge in [-0.05, 0) is 40.2 Å². The van der Waals surface area contributed by atoms with E-state index in [4.69, 9.17) is 18.0 Å². The molecule has 1 aliphatic heterocycles. The largest absolute Gasteiger partial charge is 0.459 e. The summed E-state index contributed by atoms with van der Waals surface area (Å²) in [7, 11) is 0. The lowest BCUT2D eigenvalue weighted by atomic mass is 10.3. The van der Waals surface area contributed by atoms with Crippen molar-refractivity contribution in [2.24, 2.45) is 0 Å². The number of oxazole rings is 1. The molecule has 11 heteroatoms. The van der Waals surface area contributed by atoms with E-state index < -0.39 is 5.97 Å². The molecule has 0 radical (unpaired) electrons. The Labute approximate surface area is 178 Å². The van der Waals surface area contributed by atoms with E-state index in [0.29, 0.717) is 42.5 Å². The molecule has 0 atom stereocenters. The summed E-state index contributed by atoms with van der Waals surface area (Å²) in [5.41, 5.74) is 0.153. The number of rotatable bonds is 5. The van der Waals surface area contributed by atoms with E-state index in [9.17, 15) is 14.9 Å². The minimum Gasteiger partial charge on any atom is -0.459 e. The van der Waals surface area contributed by atoms with Crippen molar-refractivity contribution in [3.05, 3.63) is 46.7 Å². The van der Waals surface area contributed by atoms with Crippen molar-refractivity contribution < 1.29 is 27.6 Å². The second-order valence-corrected chi connectivity index (χ2v) is 7.09. The topological polar surface area (TPSA) is 126 Å². The average molecular weight is 475 g/mol. The van der Waals surface area contributed by atoms with Crippen molar-refractivity contribution in [1.29, 1.82) is 5.26 Å². The van der Waals surface area contributed by atoms with Crippen LogP contribution in [0.3, 0.4) is 0 Å². The zero-order chi connectivity index (χ0) is 21.1. The van der Waals surface area contributed by atoms with Crippen molar-refractivity contribution in [2.75, 3.05) is 37.7 Å². The molecule has 30 heavy (non-hydrogen) atoms. The van der Waals surface area contributed by atoms with Crippen molar-refractivity contribution in [1.82, 2.24) is 9.88 Å². The van der Waals surface area contributed by atoms with Gasteiger partial charge in [0.15, 0.2) is 17.0 Å². The third-order valence-corrected chi connectivity index (χ3v) is 4.89. The Balaban J connectivity index is 1.33. The minimum absolute atomic E-state index is 0.0150. The Bertz CT molecular complexity index is 1090. The fourth-order valence-electron chi connectivity index (χ4n) is 2.98. The van der Waals surface area contributed by atoms with Crippen LogP contribution in [0.25, 0.3) is 11.7 Å². The quantitative estimate of drug-likeness (QED) is 0.512. The number of esters is 1. The molecule has 0 unspecified atom stereocenters. The van der Waals surface area contributed by atoms with Gasteiger partial charge in [0.05, 0.1) is 6.26 Å². The average Bonchev–Trinajstić information content (AvgIpc) is 3.51. The van der Waals surface area contributed by atoms with Gasteiger partial charge in [-0.3, -0.25) is 4.79 Å². The highest BCUT2D eigenvalue weighted by molar-refractivity contribution is 9.10. The lowest BCUT2D eigenvalue weighted by Crippen LogP contribution is -2.50. The van der Waals surface area contributed by atoms with Gasteiger partial charge in [-0.25, -0.2) is 4.79 Å². The second kappa shape index (κ2) is 8.46. The SMILES string of the molecule is N#Cc1nc(-c2ccco2)oc1N1CCN(C(=O)COC(=O)c2ccc(Br)o2)CC1. The van der Waals surface area contributed by atoms with Gasteiger partial charge in [0.25, 0.3) is 11.8 Å². The van der Waals surface area contributed by atoms with E-state index in [1.165, 1.54) is 12.3 Å². The van der Waals surface area contributed by atoms with E-state index in [-0.39, 0.29) is 29.9 Å². The highest BCUT2D eigenvalue weighted by Crippen LogP contribution is 2.29. The summed E-state index contributed by atoms with van der Waals surface area (Å²) in [6.07, 6.45) is 1.49. The van der Waals surface area contributed by atoms with Crippen molar-refractivity contribution in [2.45, 2.75) is 0 Å². The first-order chi connectivity index (χ1) is 14.5. The Morgan fingerprint density at radius 2 is 2.00 bits per heavy atom. The number of anilines is 1. The summed E-state index contributed by atoms with van der Waals surface area (Å²) < 4.78 is 21.5. The van der Waals surface area contributed by atoms with Gasteiger partial charge in [0, 0.05) is 26.2 Å². The summed E-state index contributed by atoms with van der Waals surface area (Å²) in [5, 5.41) is 9.36. The molecule has 0 aliphatic carbocycles. The third kappa shape index (κ3) is 4.08. The number of aromatic nitrogens is 1. The number of halogens is 1. The number of carbonyl (C=O) groups excluding carboxylic acids is 2. The van der Waals surface area contributed by atoms with Crippen LogP contribution in [-0.2, 0) is 9.53 Å². The number of hydrogen-bond donors (Lipinski definition) is 0. The number of piperazine rings is 1. The summed E-state index contributed by atoms with van der Waals surface area (Å²) in [6.45, 7) is 1.25. The summed E-state index contributed by atoms with van der Waals surface area (Å²) in [5.74, 6) is -0.0213. The fraction of sp³-hybridized carbons (Fsp3) is 0.263. The number of hydrogen-bond acceptors (Lipinski definition) is 9. The van der Waals surface area contributed by atoms with E-state index in [0.717, 1.165) is 0 Å². The van der Waals surface area contributed by atoms with Gasteiger partial charge >= 0.3 is 5.97 Å². The molecule has 154 valence electrons. The number of carbonyl (C=O) groups is 2. The number of amides is 1. The Kier molecular flexibility index (Phi) is 5.58. The molecule has 0 spiro atoms. The summed E-state index contributed by atoms with van der Waals surface area (Å²) in [6, 6.07) is 8.43. The van der Waals surface area contributed by atoms with Crippen LogP contribution in [0.2, 0.25) is 0 Å². The lowest BCUT2D eigenvalue weighted by molar-refractivity contribution is -0.134. The van der Waals surface area contributed by atoms with E-state index in [1.54, 1.807) is 23.1 Å². The van der Waals surface area contributed by atoms with E-state index in [1.807, 2.05) is 11.0 Å². The maximum Gasteiger partial charge on any atom is 0.374 e. The Hall–Kier alpha value is -3.52. The van der Waals surface area contributed by atoms with Gasteiger partial charge in [0.1, 0.15) is 6.07 Å². The number of nitrogens with zero attached hydrogens (tertiary/aromatic N) is 4. The maximum absolute atomic E-state index is 12.4. The van der Waals surface area contributed by atoms with Crippen LogP contribution in [0.1, 0.15) is 16.2 Å². The molecule has 0 aromatic carbocycles. The highest BCUT2D eigenvalue weighted by atomic mass is 79.9. The molecule has 1 amide bonds. The van der Waals surface area contributed by atoms with Gasteiger partial charge in [-0.1, -0.05) is 0 Å². The molecule has 10 nitrogen and oxygen atoms in total. The molecule has 1 saturated heterocycles. The maximum atomic E-state index is 12.4. The lowest BCUT2D eigenvalue weighted by Gasteiger charge is -2.34. The van der Waals surface area contributed by atoms with Crippen LogP contribution >= 0.6 is 15.9 Å². The predicted octanol–water partition coefficient (Wildman–Crippen LogP) is 2.67. The number of ether oxygens (including phenoxy) is 1. The summed E-state index contributed by atoms with van der Waals surface area (Å²) >= 11 is 3.10. The number of furan rings is 2. The molecule has 0 N–H and O–H groups in total. The van der Waals surface area contributed by atoms with Crippen LogP contribution in [0.5, 0.6) is 0 Å². The normalized spacial score (nSPS) is 13.9. The molecule has 1 fully saturated rings. The molecule has 1 aliphatic rings. The molecular weight excluding hydrogens is 460 g/mol. The Morgan fingerprint density at radius 1 is 1.20 bits per heavy atom. The first-order valence-electron chi connectivity index (χ1n) is 8.95. The van der Waals surface area contributed by atoms with Crippen LogP contribution in [-0.4, -0.2) is 54.5 Å². The monoisotopic (exact) mass is 474 g/mol. The number of nitriles is 1. The first-order valence-corrected chi connectivity index (χ1v) is 9.74. The molecule has 0 saturated carbocycles. The highest BCUT2D eigenvalue weighted by Gasteiger charge is 2.27. The zero-order valence-electron chi connectivity index (χ0n) is 15.5.